The molecule has 4 nitrogen and oxygen atoms in total. The van der Waals surface area contributed by atoms with Crippen molar-refractivity contribution >= 4 is 11.9 Å². The molecule has 2 saturated carbocycles. The van der Waals surface area contributed by atoms with Crippen LogP contribution >= 0.6 is 0 Å². The Kier molecular flexibility index (Phi) is 8.58. The van der Waals surface area contributed by atoms with E-state index < -0.39 is 0 Å². The second-order valence-electron chi connectivity index (χ2n) is 11.2. The zero-order valence-corrected chi connectivity index (χ0v) is 20.7. The van der Waals surface area contributed by atoms with Crippen molar-refractivity contribution in [3.63, 3.8) is 0 Å². The van der Waals surface area contributed by atoms with Gasteiger partial charge in [0.05, 0.1) is 0 Å². The van der Waals surface area contributed by atoms with Gasteiger partial charge in [-0.15, -0.1) is 0 Å². The molecule has 0 radical (unpaired) electrons. The SMILES string of the molecule is C=C(C)C(=O)OC1(C)CCC(C(CC(C)C)C2CCC(C)(OC(=O)C(=C)C)CC2)CC1. The van der Waals surface area contributed by atoms with Crippen LogP contribution in [-0.2, 0) is 19.1 Å². The first-order valence-electron chi connectivity index (χ1n) is 12.1. The van der Waals surface area contributed by atoms with Crippen molar-refractivity contribution < 1.29 is 19.1 Å². The second-order valence-corrected chi connectivity index (χ2v) is 11.2. The Morgan fingerprint density at radius 1 is 0.806 bits per heavy atom. The molecule has 0 atom stereocenters. The third-order valence-electron chi connectivity index (χ3n) is 7.51. The smallest absolute Gasteiger partial charge is 0.333 e. The Hall–Kier alpha value is -1.58. The molecule has 0 bridgehead atoms. The largest absolute Gasteiger partial charge is 0.456 e. The maximum atomic E-state index is 12.0. The third kappa shape index (κ3) is 7.22. The molecule has 176 valence electrons. The minimum absolute atomic E-state index is 0.268. The Bertz CT molecular complexity index is 619. The van der Waals surface area contributed by atoms with Gasteiger partial charge in [0.25, 0.3) is 0 Å². The molecule has 0 saturated heterocycles. The van der Waals surface area contributed by atoms with Crippen molar-refractivity contribution in [1.29, 1.82) is 0 Å². The summed E-state index contributed by atoms with van der Waals surface area (Å²) >= 11 is 0. The van der Waals surface area contributed by atoms with E-state index in [1.165, 1.54) is 6.42 Å². The lowest BCUT2D eigenvalue weighted by molar-refractivity contribution is -0.158. The first-order chi connectivity index (χ1) is 14.3. The number of ether oxygens (including phenoxy) is 2. The summed E-state index contributed by atoms with van der Waals surface area (Å²) in [6, 6.07) is 0. The fraction of sp³-hybridized carbons (Fsp3) is 0.778. The van der Waals surface area contributed by atoms with Crippen LogP contribution in [0.2, 0.25) is 0 Å². The molecule has 2 fully saturated rings. The average molecular weight is 433 g/mol. The Balaban J connectivity index is 1.99. The van der Waals surface area contributed by atoms with E-state index in [4.69, 9.17) is 9.47 Å². The summed E-state index contributed by atoms with van der Waals surface area (Å²) in [5, 5.41) is 0. The van der Waals surface area contributed by atoms with Gasteiger partial charge in [0.2, 0.25) is 0 Å². The highest BCUT2D eigenvalue weighted by Gasteiger charge is 2.42. The first kappa shape index (κ1) is 25.7. The van der Waals surface area contributed by atoms with E-state index in [9.17, 15) is 9.59 Å². The first-order valence-corrected chi connectivity index (χ1v) is 12.1. The highest BCUT2D eigenvalue weighted by molar-refractivity contribution is 5.87. The van der Waals surface area contributed by atoms with E-state index in [0.717, 1.165) is 51.4 Å². The van der Waals surface area contributed by atoms with Crippen LogP contribution in [0, 0.1) is 23.7 Å². The lowest BCUT2D eigenvalue weighted by Gasteiger charge is -2.45. The fourth-order valence-electron chi connectivity index (χ4n) is 5.50. The Morgan fingerprint density at radius 3 is 1.39 bits per heavy atom. The zero-order valence-electron chi connectivity index (χ0n) is 20.7. The predicted octanol–water partition coefficient (Wildman–Crippen LogP) is 6.79. The van der Waals surface area contributed by atoms with Crippen molar-refractivity contribution in [2.45, 2.75) is 111 Å². The van der Waals surface area contributed by atoms with Crippen molar-refractivity contribution in [3.05, 3.63) is 24.3 Å². The molecule has 2 rings (SSSR count). The number of hydrogen-bond acceptors (Lipinski definition) is 4. The van der Waals surface area contributed by atoms with Crippen LogP contribution in [0.15, 0.2) is 24.3 Å². The van der Waals surface area contributed by atoms with E-state index in [1.807, 2.05) is 0 Å². The topological polar surface area (TPSA) is 52.6 Å². The van der Waals surface area contributed by atoms with Crippen molar-refractivity contribution in [3.8, 4) is 0 Å². The molecule has 31 heavy (non-hydrogen) atoms. The fourth-order valence-corrected chi connectivity index (χ4v) is 5.50. The average Bonchev–Trinajstić information content (AvgIpc) is 2.67. The van der Waals surface area contributed by atoms with E-state index >= 15 is 0 Å². The normalized spacial score (nSPS) is 32.2. The predicted molar refractivity (Wildman–Crippen MR) is 125 cm³/mol. The second kappa shape index (κ2) is 10.4. The summed E-state index contributed by atoms with van der Waals surface area (Å²) in [6.45, 7) is 19.6. The summed E-state index contributed by atoms with van der Waals surface area (Å²) in [5.74, 6) is 2.15. The molecule has 0 aliphatic heterocycles. The molecule has 0 aromatic rings. The van der Waals surface area contributed by atoms with Crippen LogP contribution in [0.1, 0.15) is 99.3 Å². The lowest BCUT2D eigenvalue weighted by Crippen LogP contribution is -2.42. The number of rotatable bonds is 8. The van der Waals surface area contributed by atoms with Gasteiger partial charge in [-0.3, -0.25) is 0 Å². The summed E-state index contributed by atoms with van der Waals surface area (Å²) in [7, 11) is 0. The van der Waals surface area contributed by atoms with Gasteiger partial charge in [0.1, 0.15) is 11.2 Å². The van der Waals surface area contributed by atoms with Gasteiger partial charge in [-0.05, 0) is 109 Å². The van der Waals surface area contributed by atoms with Gasteiger partial charge < -0.3 is 9.47 Å². The maximum absolute atomic E-state index is 12.0. The number of carbonyl (C=O) groups is 2. The molecule has 0 aromatic heterocycles. The van der Waals surface area contributed by atoms with E-state index in [2.05, 4.69) is 40.9 Å². The summed E-state index contributed by atoms with van der Waals surface area (Å²) in [6.07, 6.45) is 9.35. The van der Waals surface area contributed by atoms with Gasteiger partial charge in [-0.2, -0.15) is 0 Å². The van der Waals surface area contributed by atoms with Gasteiger partial charge in [0.15, 0.2) is 0 Å². The maximum Gasteiger partial charge on any atom is 0.333 e. The molecule has 4 heteroatoms. The van der Waals surface area contributed by atoms with Gasteiger partial charge in [-0.25, -0.2) is 9.59 Å². The molecular formula is C27H44O4. The van der Waals surface area contributed by atoms with Crippen molar-refractivity contribution in [2.24, 2.45) is 23.7 Å². The van der Waals surface area contributed by atoms with Crippen LogP contribution in [0.3, 0.4) is 0 Å². The molecule has 0 aromatic carbocycles. The molecule has 0 unspecified atom stereocenters. The van der Waals surface area contributed by atoms with Gasteiger partial charge >= 0.3 is 11.9 Å². The van der Waals surface area contributed by atoms with E-state index in [0.29, 0.717) is 34.8 Å². The van der Waals surface area contributed by atoms with Crippen LogP contribution < -0.4 is 0 Å². The molecular weight excluding hydrogens is 388 g/mol. The van der Waals surface area contributed by atoms with Crippen molar-refractivity contribution in [2.75, 3.05) is 0 Å². The Morgan fingerprint density at radius 2 is 1.13 bits per heavy atom. The Labute approximate surface area is 189 Å². The standard InChI is InChI=1S/C27H44O4/c1-18(2)17-23(21-9-13-26(7,14-10-21)30-24(28)19(3)4)22-11-15-27(8,16-12-22)31-25(29)20(5)6/h18,21-23H,3,5,9-17H2,1-2,4,6-8H3. The minimum atomic E-state index is -0.364. The molecule has 2 aliphatic carbocycles. The molecule has 0 N–H and O–H groups in total. The quantitative estimate of drug-likeness (QED) is 0.313. The number of esters is 2. The summed E-state index contributed by atoms with van der Waals surface area (Å²) in [4.78, 5) is 24.1. The lowest BCUT2D eigenvalue weighted by atomic mass is 9.64. The number of hydrogen-bond donors (Lipinski definition) is 0. The molecule has 0 heterocycles. The molecule has 2 aliphatic rings. The molecule has 0 spiro atoms. The highest BCUT2D eigenvalue weighted by Crippen LogP contribution is 2.47. The summed E-state index contributed by atoms with van der Waals surface area (Å²) < 4.78 is 11.6. The number of carbonyl (C=O) groups excluding carboxylic acids is 2. The monoisotopic (exact) mass is 432 g/mol. The zero-order chi connectivity index (χ0) is 23.4. The van der Waals surface area contributed by atoms with Gasteiger partial charge in [-0.1, -0.05) is 27.0 Å². The van der Waals surface area contributed by atoms with Crippen LogP contribution in [0.5, 0.6) is 0 Å². The summed E-state index contributed by atoms with van der Waals surface area (Å²) in [5.41, 5.74) is 0.213. The molecule has 0 amide bonds. The van der Waals surface area contributed by atoms with Gasteiger partial charge in [0, 0.05) is 11.1 Å². The van der Waals surface area contributed by atoms with Crippen LogP contribution in [-0.4, -0.2) is 23.1 Å². The minimum Gasteiger partial charge on any atom is -0.456 e. The van der Waals surface area contributed by atoms with Crippen LogP contribution in [0.4, 0.5) is 0 Å². The van der Waals surface area contributed by atoms with Crippen molar-refractivity contribution in [1.82, 2.24) is 0 Å². The highest BCUT2D eigenvalue weighted by atomic mass is 16.6. The van der Waals surface area contributed by atoms with E-state index in [-0.39, 0.29) is 23.1 Å². The van der Waals surface area contributed by atoms with Crippen LogP contribution in [0.25, 0.3) is 0 Å². The van der Waals surface area contributed by atoms with E-state index in [1.54, 1.807) is 13.8 Å². The third-order valence-corrected chi connectivity index (χ3v) is 7.51.